The molecule has 1 atom stereocenters. The number of hydrogen-bond donors (Lipinski definition) is 2. The molecule has 0 amide bonds. The molecular formula is C11H18BrN3O2. The number of halogens is 1. The molecule has 5 nitrogen and oxygen atoms in total. The van der Waals surface area contributed by atoms with Crippen LogP contribution in [0.2, 0.25) is 0 Å². The maximum Gasteiger partial charge on any atom is 0.232 e. The SMILES string of the molecule is COc1nc(NC(CCO)C(C)C)ncc1Br. The monoisotopic (exact) mass is 303 g/mol. The van der Waals surface area contributed by atoms with Gasteiger partial charge in [-0.15, -0.1) is 0 Å². The Bertz CT molecular complexity index is 361. The second-order valence-corrected chi connectivity index (χ2v) is 4.91. The quantitative estimate of drug-likeness (QED) is 0.842. The molecule has 0 aliphatic rings. The van der Waals surface area contributed by atoms with Crippen molar-refractivity contribution in [2.24, 2.45) is 5.92 Å². The van der Waals surface area contributed by atoms with Crippen molar-refractivity contribution in [3.05, 3.63) is 10.7 Å². The van der Waals surface area contributed by atoms with Crippen LogP contribution in [0.1, 0.15) is 20.3 Å². The van der Waals surface area contributed by atoms with E-state index in [0.717, 1.165) is 0 Å². The first-order valence-electron chi connectivity index (χ1n) is 5.52. The van der Waals surface area contributed by atoms with Crippen LogP contribution in [0.5, 0.6) is 5.88 Å². The number of nitrogens with zero attached hydrogens (tertiary/aromatic N) is 2. The summed E-state index contributed by atoms with van der Waals surface area (Å²) in [6.45, 7) is 4.32. The Balaban J connectivity index is 2.78. The number of nitrogens with one attached hydrogen (secondary N) is 1. The molecule has 0 aliphatic carbocycles. The Morgan fingerprint density at radius 2 is 2.24 bits per heavy atom. The van der Waals surface area contributed by atoms with Gasteiger partial charge in [0.25, 0.3) is 0 Å². The zero-order valence-electron chi connectivity index (χ0n) is 10.3. The van der Waals surface area contributed by atoms with Gasteiger partial charge < -0.3 is 15.2 Å². The van der Waals surface area contributed by atoms with E-state index in [1.807, 2.05) is 0 Å². The van der Waals surface area contributed by atoms with Crippen LogP contribution < -0.4 is 10.1 Å². The van der Waals surface area contributed by atoms with Crippen molar-refractivity contribution >= 4 is 21.9 Å². The third-order valence-electron chi connectivity index (χ3n) is 2.46. The molecule has 96 valence electrons. The number of aromatic nitrogens is 2. The molecule has 0 saturated heterocycles. The lowest BCUT2D eigenvalue weighted by Crippen LogP contribution is -2.27. The van der Waals surface area contributed by atoms with Crippen LogP contribution in [0, 0.1) is 5.92 Å². The Hall–Kier alpha value is -0.880. The minimum Gasteiger partial charge on any atom is -0.480 e. The number of hydrogen-bond acceptors (Lipinski definition) is 5. The lowest BCUT2D eigenvalue weighted by Gasteiger charge is -2.21. The molecule has 6 heteroatoms. The summed E-state index contributed by atoms with van der Waals surface area (Å²) in [4.78, 5) is 8.38. The average molecular weight is 304 g/mol. The lowest BCUT2D eigenvalue weighted by molar-refractivity contribution is 0.267. The van der Waals surface area contributed by atoms with Gasteiger partial charge >= 0.3 is 0 Å². The molecule has 0 aliphatic heterocycles. The highest BCUT2D eigenvalue weighted by Gasteiger charge is 2.14. The minimum atomic E-state index is 0.142. The summed E-state index contributed by atoms with van der Waals surface area (Å²) in [5.41, 5.74) is 0. The van der Waals surface area contributed by atoms with E-state index in [2.05, 4.69) is 45.1 Å². The topological polar surface area (TPSA) is 67.3 Å². The van der Waals surface area contributed by atoms with Crippen LogP contribution in [0.3, 0.4) is 0 Å². The van der Waals surface area contributed by atoms with Crippen molar-refractivity contribution in [2.45, 2.75) is 26.3 Å². The highest BCUT2D eigenvalue weighted by molar-refractivity contribution is 9.10. The molecular weight excluding hydrogens is 286 g/mol. The molecule has 1 unspecified atom stereocenters. The predicted octanol–water partition coefficient (Wildman–Crippen LogP) is 2.07. The van der Waals surface area contributed by atoms with Gasteiger partial charge in [0.1, 0.15) is 0 Å². The van der Waals surface area contributed by atoms with E-state index < -0.39 is 0 Å². The first-order valence-corrected chi connectivity index (χ1v) is 6.31. The van der Waals surface area contributed by atoms with Gasteiger partial charge in [-0.3, -0.25) is 0 Å². The van der Waals surface area contributed by atoms with E-state index in [1.165, 1.54) is 0 Å². The normalized spacial score (nSPS) is 12.6. The summed E-state index contributed by atoms with van der Waals surface area (Å²) in [6, 6.07) is 0.144. The molecule has 1 aromatic rings. The van der Waals surface area contributed by atoms with Crippen LogP contribution in [0.25, 0.3) is 0 Å². The van der Waals surface area contributed by atoms with E-state index in [9.17, 15) is 0 Å². The van der Waals surface area contributed by atoms with Crippen molar-refractivity contribution in [1.82, 2.24) is 9.97 Å². The number of rotatable bonds is 6. The van der Waals surface area contributed by atoms with Gasteiger partial charge in [-0.1, -0.05) is 13.8 Å². The standard InChI is InChI=1S/C11H18BrN3O2/c1-7(2)9(4-5-16)14-11-13-6-8(12)10(15-11)17-3/h6-7,9,16H,4-5H2,1-3H3,(H,13,14,15). The summed E-state index contributed by atoms with van der Waals surface area (Å²) in [5, 5.41) is 12.2. The number of aliphatic hydroxyl groups is 1. The van der Waals surface area contributed by atoms with Crippen molar-refractivity contribution in [3.8, 4) is 5.88 Å². The van der Waals surface area contributed by atoms with Crippen LogP contribution in [-0.4, -0.2) is 34.8 Å². The molecule has 0 spiro atoms. The molecule has 0 radical (unpaired) electrons. The second-order valence-electron chi connectivity index (χ2n) is 4.06. The highest BCUT2D eigenvalue weighted by atomic mass is 79.9. The van der Waals surface area contributed by atoms with Crippen LogP contribution >= 0.6 is 15.9 Å². The van der Waals surface area contributed by atoms with Gasteiger partial charge in [-0.05, 0) is 28.3 Å². The Morgan fingerprint density at radius 1 is 1.53 bits per heavy atom. The maximum atomic E-state index is 9.00. The minimum absolute atomic E-state index is 0.142. The zero-order valence-corrected chi connectivity index (χ0v) is 11.9. The second kappa shape index (κ2) is 6.76. The fourth-order valence-electron chi connectivity index (χ4n) is 1.44. The number of methoxy groups -OCH3 is 1. The third-order valence-corrected chi connectivity index (χ3v) is 3.01. The lowest BCUT2D eigenvalue weighted by atomic mass is 10.0. The van der Waals surface area contributed by atoms with Gasteiger partial charge in [0.15, 0.2) is 0 Å². The van der Waals surface area contributed by atoms with Crippen molar-refractivity contribution < 1.29 is 9.84 Å². The van der Waals surface area contributed by atoms with E-state index >= 15 is 0 Å². The largest absolute Gasteiger partial charge is 0.480 e. The fourth-order valence-corrected chi connectivity index (χ4v) is 1.79. The van der Waals surface area contributed by atoms with Crippen molar-refractivity contribution in [3.63, 3.8) is 0 Å². The summed E-state index contributed by atoms with van der Waals surface area (Å²) >= 11 is 3.30. The van der Waals surface area contributed by atoms with Crippen molar-refractivity contribution in [2.75, 3.05) is 19.0 Å². The Morgan fingerprint density at radius 3 is 2.76 bits per heavy atom. The Kier molecular flexibility index (Phi) is 5.64. The van der Waals surface area contributed by atoms with Gasteiger partial charge in [-0.2, -0.15) is 4.98 Å². The number of aliphatic hydroxyl groups excluding tert-OH is 1. The first kappa shape index (κ1) is 14.2. The summed E-state index contributed by atoms with van der Waals surface area (Å²) in [5.74, 6) is 1.39. The van der Waals surface area contributed by atoms with E-state index in [4.69, 9.17) is 9.84 Å². The van der Waals surface area contributed by atoms with E-state index in [1.54, 1.807) is 13.3 Å². The van der Waals surface area contributed by atoms with Crippen LogP contribution in [-0.2, 0) is 0 Å². The molecule has 1 aromatic heterocycles. The maximum absolute atomic E-state index is 9.00. The fraction of sp³-hybridized carbons (Fsp3) is 0.636. The van der Waals surface area contributed by atoms with Gasteiger partial charge in [0.05, 0.1) is 17.8 Å². The highest BCUT2D eigenvalue weighted by Crippen LogP contribution is 2.22. The van der Waals surface area contributed by atoms with Gasteiger partial charge in [0, 0.05) is 12.6 Å². The number of anilines is 1. The van der Waals surface area contributed by atoms with Gasteiger partial charge in [0.2, 0.25) is 11.8 Å². The molecule has 0 aromatic carbocycles. The molecule has 0 bridgehead atoms. The number of ether oxygens (including phenoxy) is 1. The van der Waals surface area contributed by atoms with Crippen molar-refractivity contribution in [1.29, 1.82) is 0 Å². The first-order chi connectivity index (χ1) is 8.08. The molecule has 2 N–H and O–H groups in total. The van der Waals surface area contributed by atoms with E-state index in [-0.39, 0.29) is 12.6 Å². The molecule has 17 heavy (non-hydrogen) atoms. The van der Waals surface area contributed by atoms with Crippen LogP contribution in [0.15, 0.2) is 10.7 Å². The summed E-state index contributed by atoms with van der Waals surface area (Å²) in [6.07, 6.45) is 2.31. The van der Waals surface area contributed by atoms with Gasteiger partial charge in [-0.25, -0.2) is 4.98 Å². The van der Waals surface area contributed by atoms with Crippen LogP contribution in [0.4, 0.5) is 5.95 Å². The summed E-state index contributed by atoms with van der Waals surface area (Å²) in [7, 11) is 1.56. The molecule has 0 saturated carbocycles. The molecule has 0 fully saturated rings. The molecule has 1 heterocycles. The smallest absolute Gasteiger partial charge is 0.232 e. The average Bonchev–Trinajstić information content (AvgIpc) is 2.30. The predicted molar refractivity (Wildman–Crippen MR) is 70.2 cm³/mol. The third kappa shape index (κ3) is 4.12. The Labute approximate surface area is 110 Å². The molecule has 1 rings (SSSR count). The van der Waals surface area contributed by atoms with E-state index in [0.29, 0.717) is 28.6 Å². The summed E-state index contributed by atoms with van der Waals surface area (Å²) < 4.78 is 5.82. The zero-order chi connectivity index (χ0) is 12.8.